The summed E-state index contributed by atoms with van der Waals surface area (Å²) >= 11 is 1.53. The molecule has 0 bridgehead atoms. The van der Waals surface area contributed by atoms with Gasteiger partial charge in [0.05, 0.1) is 12.2 Å². The summed E-state index contributed by atoms with van der Waals surface area (Å²) in [6.45, 7) is 5.90. The van der Waals surface area contributed by atoms with E-state index in [1.165, 1.54) is 11.8 Å². The van der Waals surface area contributed by atoms with E-state index in [0.29, 0.717) is 23.6 Å². The Kier molecular flexibility index (Phi) is 5.35. The average Bonchev–Trinajstić information content (AvgIpc) is 3.16. The van der Waals surface area contributed by atoms with Crippen molar-refractivity contribution >= 4 is 22.7 Å². The molecule has 5 nitrogen and oxygen atoms in total. The van der Waals surface area contributed by atoms with Crippen LogP contribution in [0.25, 0.3) is 22.4 Å². The van der Waals surface area contributed by atoms with Gasteiger partial charge in [-0.05, 0) is 18.4 Å². The first-order valence-corrected chi connectivity index (χ1v) is 8.83. The Hall–Kier alpha value is -1.79. The molecule has 0 aliphatic rings. The van der Waals surface area contributed by atoms with E-state index in [4.69, 9.17) is 9.15 Å². The van der Waals surface area contributed by atoms with Crippen molar-refractivity contribution in [1.29, 1.82) is 0 Å². The van der Waals surface area contributed by atoms with Gasteiger partial charge in [0.1, 0.15) is 0 Å². The van der Waals surface area contributed by atoms with Crippen molar-refractivity contribution in [2.75, 3.05) is 19.0 Å². The Morgan fingerprint density at radius 2 is 2.09 bits per heavy atom. The molecule has 1 N–H and O–H groups in total. The Morgan fingerprint density at radius 3 is 2.96 bits per heavy atom. The van der Waals surface area contributed by atoms with Crippen molar-refractivity contribution in [1.82, 2.24) is 15.2 Å². The van der Waals surface area contributed by atoms with E-state index in [1.807, 2.05) is 30.5 Å². The van der Waals surface area contributed by atoms with Crippen molar-refractivity contribution in [3.05, 3.63) is 30.5 Å². The molecule has 122 valence electrons. The number of thioether (sulfide) groups is 1. The van der Waals surface area contributed by atoms with Gasteiger partial charge in [-0.2, -0.15) is 0 Å². The molecule has 0 atom stereocenters. The van der Waals surface area contributed by atoms with Crippen LogP contribution in [0.15, 0.2) is 40.1 Å². The highest BCUT2D eigenvalue weighted by Crippen LogP contribution is 2.29. The van der Waals surface area contributed by atoms with Crippen LogP contribution in [0.2, 0.25) is 0 Å². The second kappa shape index (κ2) is 7.66. The summed E-state index contributed by atoms with van der Waals surface area (Å²) in [6.07, 6.45) is 3.00. The van der Waals surface area contributed by atoms with Crippen LogP contribution < -0.4 is 0 Å². The fourth-order valence-electron chi connectivity index (χ4n) is 2.23. The van der Waals surface area contributed by atoms with Crippen LogP contribution in [-0.2, 0) is 4.74 Å². The van der Waals surface area contributed by atoms with Crippen LogP contribution in [0.5, 0.6) is 0 Å². The van der Waals surface area contributed by atoms with Gasteiger partial charge in [0.25, 0.3) is 11.1 Å². The lowest BCUT2D eigenvalue weighted by atomic mass is 10.1. The van der Waals surface area contributed by atoms with Gasteiger partial charge < -0.3 is 14.1 Å². The second-order valence-corrected chi connectivity index (χ2v) is 6.81. The zero-order valence-corrected chi connectivity index (χ0v) is 14.2. The third kappa shape index (κ3) is 4.14. The standard InChI is InChI=1S/C17H21N3O2S/c1-12(2)7-8-21-9-10-23-17-20-19-16(22-17)14-11-18-15-6-4-3-5-13(14)15/h3-6,11-12,18H,7-10H2,1-2H3. The minimum atomic E-state index is 0.547. The number of benzene rings is 1. The molecule has 3 aromatic rings. The lowest BCUT2D eigenvalue weighted by Gasteiger charge is -2.04. The molecule has 2 aromatic heterocycles. The van der Waals surface area contributed by atoms with Crippen LogP contribution in [0.1, 0.15) is 20.3 Å². The van der Waals surface area contributed by atoms with Gasteiger partial charge in [0, 0.05) is 29.5 Å². The molecule has 23 heavy (non-hydrogen) atoms. The summed E-state index contributed by atoms with van der Waals surface area (Å²) in [7, 11) is 0. The maximum absolute atomic E-state index is 5.75. The number of para-hydroxylation sites is 1. The van der Waals surface area contributed by atoms with Gasteiger partial charge in [0.15, 0.2) is 0 Å². The van der Waals surface area contributed by atoms with Crippen molar-refractivity contribution in [3.8, 4) is 11.5 Å². The summed E-state index contributed by atoms with van der Waals surface area (Å²) in [6, 6.07) is 8.07. The van der Waals surface area contributed by atoms with Crippen LogP contribution in [0, 0.1) is 5.92 Å². The fourth-order valence-corrected chi connectivity index (χ4v) is 2.85. The first-order valence-electron chi connectivity index (χ1n) is 7.84. The average molecular weight is 331 g/mol. The molecule has 0 radical (unpaired) electrons. The molecule has 2 heterocycles. The molecule has 0 aliphatic carbocycles. The predicted octanol–water partition coefficient (Wildman–Crippen LogP) is 4.37. The molecular formula is C17H21N3O2S. The molecule has 0 saturated carbocycles. The number of aromatic nitrogens is 3. The fraction of sp³-hybridized carbons (Fsp3) is 0.412. The summed E-state index contributed by atoms with van der Waals surface area (Å²) in [5, 5.41) is 9.92. The number of nitrogens with zero attached hydrogens (tertiary/aromatic N) is 2. The lowest BCUT2D eigenvalue weighted by molar-refractivity contribution is 0.138. The van der Waals surface area contributed by atoms with E-state index in [1.54, 1.807) is 0 Å². The lowest BCUT2D eigenvalue weighted by Crippen LogP contribution is -2.02. The van der Waals surface area contributed by atoms with Gasteiger partial charge in [-0.1, -0.05) is 43.8 Å². The van der Waals surface area contributed by atoms with E-state index in [0.717, 1.165) is 35.2 Å². The van der Waals surface area contributed by atoms with Crippen LogP contribution in [-0.4, -0.2) is 34.1 Å². The largest absolute Gasteiger partial charge is 0.411 e. The molecule has 0 aliphatic heterocycles. The highest BCUT2D eigenvalue weighted by Gasteiger charge is 2.13. The smallest absolute Gasteiger partial charge is 0.276 e. The van der Waals surface area contributed by atoms with Gasteiger partial charge in [-0.15, -0.1) is 10.2 Å². The molecular weight excluding hydrogens is 310 g/mol. The van der Waals surface area contributed by atoms with Crippen LogP contribution in [0.3, 0.4) is 0 Å². The van der Waals surface area contributed by atoms with E-state index >= 15 is 0 Å². The first-order chi connectivity index (χ1) is 11.2. The number of H-pyrrole nitrogens is 1. The zero-order chi connectivity index (χ0) is 16.1. The van der Waals surface area contributed by atoms with Gasteiger partial charge >= 0.3 is 0 Å². The highest BCUT2D eigenvalue weighted by molar-refractivity contribution is 7.99. The number of hydrogen-bond acceptors (Lipinski definition) is 5. The number of hydrogen-bond donors (Lipinski definition) is 1. The molecule has 6 heteroatoms. The number of ether oxygens (including phenoxy) is 1. The number of aromatic amines is 1. The van der Waals surface area contributed by atoms with Gasteiger partial charge in [0.2, 0.25) is 0 Å². The van der Waals surface area contributed by atoms with E-state index in [2.05, 4.69) is 29.0 Å². The SMILES string of the molecule is CC(C)CCOCCSc1nnc(-c2c[nH]c3ccccc23)o1. The first kappa shape index (κ1) is 16.1. The maximum atomic E-state index is 5.75. The summed E-state index contributed by atoms with van der Waals surface area (Å²) in [5.74, 6) is 2.04. The van der Waals surface area contributed by atoms with Crippen LogP contribution >= 0.6 is 11.8 Å². The van der Waals surface area contributed by atoms with E-state index < -0.39 is 0 Å². The van der Waals surface area contributed by atoms with E-state index in [9.17, 15) is 0 Å². The van der Waals surface area contributed by atoms with Gasteiger partial charge in [-0.3, -0.25) is 0 Å². The highest BCUT2D eigenvalue weighted by atomic mass is 32.2. The summed E-state index contributed by atoms with van der Waals surface area (Å²) in [4.78, 5) is 3.22. The number of nitrogens with one attached hydrogen (secondary N) is 1. The van der Waals surface area contributed by atoms with Crippen molar-refractivity contribution < 1.29 is 9.15 Å². The molecule has 0 spiro atoms. The Balaban J connectivity index is 1.54. The maximum Gasteiger partial charge on any atom is 0.276 e. The Morgan fingerprint density at radius 1 is 1.22 bits per heavy atom. The van der Waals surface area contributed by atoms with Gasteiger partial charge in [-0.25, -0.2) is 0 Å². The molecule has 3 rings (SSSR count). The monoisotopic (exact) mass is 331 g/mol. The molecule has 0 saturated heterocycles. The Labute approximate surface area is 139 Å². The number of fused-ring (bicyclic) bond motifs is 1. The minimum absolute atomic E-state index is 0.547. The normalized spacial score (nSPS) is 11.6. The molecule has 0 amide bonds. The predicted molar refractivity (Wildman–Crippen MR) is 92.6 cm³/mol. The number of rotatable bonds is 8. The Bertz CT molecular complexity index is 751. The minimum Gasteiger partial charge on any atom is -0.411 e. The summed E-state index contributed by atoms with van der Waals surface area (Å²) in [5.41, 5.74) is 2.00. The van der Waals surface area contributed by atoms with Crippen LogP contribution in [0.4, 0.5) is 0 Å². The van der Waals surface area contributed by atoms with Crippen molar-refractivity contribution in [3.63, 3.8) is 0 Å². The summed E-state index contributed by atoms with van der Waals surface area (Å²) < 4.78 is 11.3. The molecule has 0 fully saturated rings. The zero-order valence-electron chi connectivity index (χ0n) is 13.4. The third-order valence-electron chi connectivity index (χ3n) is 3.52. The van der Waals surface area contributed by atoms with Crippen molar-refractivity contribution in [2.45, 2.75) is 25.5 Å². The molecule has 1 aromatic carbocycles. The topological polar surface area (TPSA) is 63.9 Å². The van der Waals surface area contributed by atoms with Crippen molar-refractivity contribution in [2.24, 2.45) is 5.92 Å². The molecule has 0 unspecified atom stereocenters. The second-order valence-electron chi connectivity index (χ2n) is 5.76. The van der Waals surface area contributed by atoms with E-state index in [-0.39, 0.29) is 0 Å². The quantitative estimate of drug-likeness (QED) is 0.490. The third-order valence-corrected chi connectivity index (χ3v) is 4.30.